The maximum Gasteiger partial charge on any atom is 0.264 e. The predicted molar refractivity (Wildman–Crippen MR) is 55.8 cm³/mol. The van der Waals surface area contributed by atoms with Crippen LogP contribution in [0, 0.1) is 5.41 Å². The van der Waals surface area contributed by atoms with E-state index in [1.807, 2.05) is 17.5 Å². The zero-order valence-corrected chi connectivity index (χ0v) is 8.17. The standard InChI is InChI=1S/C8H6N2OS2/c9-8-10-7(11)6(13-8)4-5-2-1-3-12-5/h1-4H,(H2,9,10,11)/b6-4+. The van der Waals surface area contributed by atoms with E-state index in [4.69, 9.17) is 5.41 Å². The van der Waals surface area contributed by atoms with Crippen molar-refractivity contribution < 1.29 is 4.79 Å². The van der Waals surface area contributed by atoms with Crippen molar-refractivity contribution in [3.8, 4) is 0 Å². The Hall–Kier alpha value is -1.07. The van der Waals surface area contributed by atoms with Gasteiger partial charge in [0.25, 0.3) is 5.91 Å². The molecule has 0 radical (unpaired) electrons. The van der Waals surface area contributed by atoms with E-state index in [2.05, 4.69) is 5.32 Å². The second-order valence-electron chi connectivity index (χ2n) is 2.41. The minimum atomic E-state index is -0.177. The minimum absolute atomic E-state index is 0.177. The van der Waals surface area contributed by atoms with Crippen LogP contribution in [0.2, 0.25) is 0 Å². The number of carbonyl (C=O) groups excluding carboxylic acids is 1. The van der Waals surface area contributed by atoms with Gasteiger partial charge < -0.3 is 5.32 Å². The molecule has 0 aliphatic carbocycles. The van der Waals surface area contributed by atoms with Gasteiger partial charge in [-0.2, -0.15) is 0 Å². The summed E-state index contributed by atoms with van der Waals surface area (Å²) in [5, 5.41) is 11.8. The summed E-state index contributed by atoms with van der Waals surface area (Å²) < 4.78 is 0. The van der Waals surface area contributed by atoms with Crippen LogP contribution in [0.4, 0.5) is 0 Å². The molecule has 0 bridgehead atoms. The number of rotatable bonds is 1. The van der Waals surface area contributed by atoms with Crippen LogP contribution in [0.5, 0.6) is 0 Å². The van der Waals surface area contributed by atoms with E-state index in [9.17, 15) is 4.79 Å². The highest BCUT2D eigenvalue weighted by molar-refractivity contribution is 8.18. The number of amides is 1. The van der Waals surface area contributed by atoms with Crippen molar-refractivity contribution in [3.63, 3.8) is 0 Å². The number of thioether (sulfide) groups is 1. The minimum Gasteiger partial charge on any atom is -0.301 e. The zero-order chi connectivity index (χ0) is 9.26. The Labute approximate surface area is 83.4 Å². The van der Waals surface area contributed by atoms with Crippen molar-refractivity contribution in [1.82, 2.24) is 5.32 Å². The van der Waals surface area contributed by atoms with Crippen molar-refractivity contribution in [1.29, 1.82) is 5.41 Å². The lowest BCUT2D eigenvalue weighted by Crippen LogP contribution is -2.18. The third-order valence-electron chi connectivity index (χ3n) is 1.48. The van der Waals surface area contributed by atoms with E-state index >= 15 is 0 Å². The Morgan fingerprint density at radius 3 is 2.92 bits per heavy atom. The molecule has 1 amide bonds. The smallest absolute Gasteiger partial charge is 0.264 e. The van der Waals surface area contributed by atoms with Crippen LogP contribution in [0.3, 0.4) is 0 Å². The van der Waals surface area contributed by atoms with E-state index in [0.29, 0.717) is 4.91 Å². The van der Waals surface area contributed by atoms with Crippen LogP contribution >= 0.6 is 23.1 Å². The number of hydrogen-bond donors (Lipinski definition) is 2. The topological polar surface area (TPSA) is 53.0 Å². The van der Waals surface area contributed by atoms with Gasteiger partial charge >= 0.3 is 0 Å². The molecule has 1 aliphatic heterocycles. The SMILES string of the molecule is N=C1NC(=O)/C(=C\c2cccs2)S1. The van der Waals surface area contributed by atoms with Crippen molar-refractivity contribution >= 4 is 40.2 Å². The molecular formula is C8H6N2OS2. The molecule has 0 saturated carbocycles. The molecule has 1 aliphatic rings. The van der Waals surface area contributed by atoms with E-state index < -0.39 is 0 Å². The number of hydrogen-bond acceptors (Lipinski definition) is 4. The fraction of sp³-hybridized carbons (Fsp3) is 0. The van der Waals surface area contributed by atoms with Crippen LogP contribution in [0.15, 0.2) is 22.4 Å². The average Bonchev–Trinajstić information content (AvgIpc) is 2.63. The maximum atomic E-state index is 11.2. The summed E-state index contributed by atoms with van der Waals surface area (Å²) in [5.41, 5.74) is 0. The largest absolute Gasteiger partial charge is 0.301 e. The normalized spacial score (nSPS) is 19.5. The first kappa shape index (κ1) is 8.52. The van der Waals surface area contributed by atoms with Gasteiger partial charge in [-0.3, -0.25) is 10.2 Å². The van der Waals surface area contributed by atoms with Gasteiger partial charge in [0, 0.05) is 4.88 Å². The Morgan fingerprint density at radius 1 is 1.54 bits per heavy atom. The van der Waals surface area contributed by atoms with Crippen molar-refractivity contribution in [2.45, 2.75) is 0 Å². The molecule has 1 aromatic rings. The summed E-state index contributed by atoms with van der Waals surface area (Å²) in [7, 11) is 0. The van der Waals surface area contributed by atoms with Crippen LogP contribution < -0.4 is 5.32 Å². The van der Waals surface area contributed by atoms with Crippen molar-refractivity contribution in [2.24, 2.45) is 0 Å². The Morgan fingerprint density at radius 2 is 2.38 bits per heavy atom. The molecule has 1 fully saturated rings. The number of nitrogens with one attached hydrogen (secondary N) is 2. The van der Waals surface area contributed by atoms with Crippen molar-refractivity contribution in [3.05, 3.63) is 27.3 Å². The first-order valence-corrected chi connectivity index (χ1v) is 5.28. The molecule has 3 nitrogen and oxygen atoms in total. The molecule has 0 spiro atoms. The lowest BCUT2D eigenvalue weighted by atomic mass is 10.4. The Bertz CT molecular complexity index is 381. The highest BCUT2D eigenvalue weighted by Gasteiger charge is 2.21. The van der Waals surface area contributed by atoms with Gasteiger partial charge in [0.15, 0.2) is 5.17 Å². The second kappa shape index (κ2) is 3.35. The molecule has 66 valence electrons. The molecule has 0 aromatic carbocycles. The summed E-state index contributed by atoms with van der Waals surface area (Å²) in [4.78, 5) is 12.8. The number of thiophene rings is 1. The Balaban J connectivity index is 2.27. The number of carbonyl (C=O) groups is 1. The van der Waals surface area contributed by atoms with E-state index in [1.54, 1.807) is 17.4 Å². The van der Waals surface area contributed by atoms with Crippen LogP contribution in [0.1, 0.15) is 4.88 Å². The van der Waals surface area contributed by atoms with Crippen molar-refractivity contribution in [2.75, 3.05) is 0 Å². The lowest BCUT2D eigenvalue weighted by molar-refractivity contribution is -0.115. The molecular weight excluding hydrogens is 204 g/mol. The molecule has 1 aromatic heterocycles. The molecule has 5 heteroatoms. The molecule has 1 saturated heterocycles. The Kier molecular flexibility index (Phi) is 2.20. The summed E-state index contributed by atoms with van der Waals surface area (Å²) in [6, 6.07) is 3.87. The monoisotopic (exact) mass is 210 g/mol. The quantitative estimate of drug-likeness (QED) is 0.695. The van der Waals surface area contributed by atoms with Gasteiger partial charge in [-0.1, -0.05) is 6.07 Å². The van der Waals surface area contributed by atoms with Gasteiger partial charge in [-0.15, -0.1) is 11.3 Å². The van der Waals surface area contributed by atoms with Gasteiger partial charge in [0.2, 0.25) is 0 Å². The second-order valence-corrected chi connectivity index (χ2v) is 4.44. The molecule has 0 atom stereocenters. The molecule has 2 heterocycles. The van der Waals surface area contributed by atoms with Gasteiger partial charge in [0.05, 0.1) is 4.91 Å². The van der Waals surface area contributed by atoms with Crippen LogP contribution in [-0.4, -0.2) is 11.1 Å². The van der Waals surface area contributed by atoms with Crippen LogP contribution in [-0.2, 0) is 4.79 Å². The lowest BCUT2D eigenvalue weighted by Gasteiger charge is -1.87. The van der Waals surface area contributed by atoms with Gasteiger partial charge in [-0.25, -0.2) is 0 Å². The first-order chi connectivity index (χ1) is 6.25. The third-order valence-corrected chi connectivity index (χ3v) is 3.13. The summed E-state index contributed by atoms with van der Waals surface area (Å²) >= 11 is 2.74. The molecule has 13 heavy (non-hydrogen) atoms. The van der Waals surface area contributed by atoms with E-state index in [0.717, 1.165) is 16.6 Å². The zero-order valence-electron chi connectivity index (χ0n) is 6.53. The summed E-state index contributed by atoms with van der Waals surface area (Å²) in [6.45, 7) is 0. The summed E-state index contributed by atoms with van der Waals surface area (Å²) in [6.07, 6.45) is 1.80. The average molecular weight is 210 g/mol. The maximum absolute atomic E-state index is 11.2. The first-order valence-electron chi connectivity index (χ1n) is 3.58. The highest BCUT2D eigenvalue weighted by atomic mass is 32.2. The summed E-state index contributed by atoms with van der Waals surface area (Å²) in [5.74, 6) is -0.177. The molecule has 2 rings (SSSR count). The third kappa shape index (κ3) is 1.81. The fourth-order valence-electron chi connectivity index (χ4n) is 0.944. The van der Waals surface area contributed by atoms with E-state index in [1.165, 1.54) is 0 Å². The fourth-order valence-corrected chi connectivity index (χ4v) is 2.37. The van der Waals surface area contributed by atoms with Gasteiger partial charge in [0.1, 0.15) is 0 Å². The van der Waals surface area contributed by atoms with Gasteiger partial charge in [-0.05, 0) is 29.3 Å². The van der Waals surface area contributed by atoms with Crippen LogP contribution in [0.25, 0.3) is 6.08 Å². The molecule has 2 N–H and O–H groups in total. The van der Waals surface area contributed by atoms with E-state index in [-0.39, 0.29) is 11.1 Å². The number of amidine groups is 1. The predicted octanol–water partition coefficient (Wildman–Crippen LogP) is 1.89. The molecule has 0 unspecified atom stereocenters. The highest BCUT2D eigenvalue weighted by Crippen LogP contribution is 2.26.